The van der Waals surface area contributed by atoms with Gasteiger partial charge in [-0.3, -0.25) is 9.59 Å². The average molecular weight is 534 g/mol. The fraction of sp³-hybridized carbons (Fsp3) is 0.345. The zero-order valence-corrected chi connectivity index (χ0v) is 23.0. The molecule has 1 aromatic heterocycles. The predicted molar refractivity (Wildman–Crippen MR) is 155 cm³/mol. The number of aryl methyl sites for hydroxylation is 1. The molecule has 2 aromatic carbocycles. The van der Waals surface area contributed by atoms with E-state index in [0.717, 1.165) is 23.4 Å². The Morgan fingerprint density at radius 2 is 1.68 bits per heavy atom. The van der Waals surface area contributed by atoms with Crippen LogP contribution in [-0.4, -0.2) is 66.9 Å². The highest BCUT2D eigenvalue weighted by Crippen LogP contribution is 2.28. The normalized spacial score (nSPS) is 13.6. The number of nitrogens with zero attached hydrogens (tertiary/aromatic N) is 3. The molecule has 2 N–H and O–H groups in total. The quantitative estimate of drug-likeness (QED) is 0.418. The van der Waals surface area contributed by atoms with Crippen molar-refractivity contribution in [2.24, 2.45) is 0 Å². The van der Waals surface area contributed by atoms with Gasteiger partial charge in [-0.2, -0.15) is 0 Å². The van der Waals surface area contributed by atoms with Gasteiger partial charge in [0, 0.05) is 56.3 Å². The summed E-state index contributed by atoms with van der Waals surface area (Å²) in [6, 6.07) is 16.8. The fourth-order valence-electron chi connectivity index (χ4n) is 4.63. The summed E-state index contributed by atoms with van der Waals surface area (Å²) in [4.78, 5) is 45.5. The number of benzene rings is 2. The molecular formula is C29H35N5O3S. The fourth-order valence-corrected chi connectivity index (χ4v) is 5.25. The van der Waals surface area contributed by atoms with Gasteiger partial charge < -0.3 is 25.3 Å². The highest BCUT2D eigenvalue weighted by atomic mass is 32.1. The molecule has 0 aliphatic carbocycles. The molecular weight excluding hydrogens is 498 g/mol. The second-order valence-electron chi connectivity index (χ2n) is 9.27. The van der Waals surface area contributed by atoms with Gasteiger partial charge in [-0.05, 0) is 74.5 Å². The minimum absolute atomic E-state index is 0.0736. The molecule has 8 nitrogen and oxygen atoms in total. The van der Waals surface area contributed by atoms with Crippen LogP contribution in [0.1, 0.15) is 45.9 Å². The lowest BCUT2D eigenvalue weighted by Gasteiger charge is -2.28. The van der Waals surface area contributed by atoms with Gasteiger partial charge in [0.05, 0.1) is 10.4 Å². The zero-order chi connectivity index (χ0) is 27.1. The number of thiophene rings is 1. The monoisotopic (exact) mass is 533 g/mol. The molecule has 1 fully saturated rings. The number of rotatable bonds is 7. The van der Waals surface area contributed by atoms with E-state index in [1.54, 1.807) is 17.0 Å². The number of nitrogens with one attached hydrogen (secondary N) is 2. The molecule has 1 aliphatic rings. The molecule has 0 atom stereocenters. The maximum absolute atomic E-state index is 13.5. The van der Waals surface area contributed by atoms with E-state index in [9.17, 15) is 14.4 Å². The van der Waals surface area contributed by atoms with Crippen molar-refractivity contribution >= 4 is 46.2 Å². The number of urea groups is 1. The molecule has 3 aromatic rings. The first kappa shape index (κ1) is 27.2. The first-order valence-electron chi connectivity index (χ1n) is 13.0. The maximum Gasteiger partial charge on any atom is 0.321 e. The largest absolute Gasteiger partial charge is 0.369 e. The number of carbonyl (C=O) groups excluding carboxylic acids is 3. The van der Waals surface area contributed by atoms with Crippen LogP contribution in [-0.2, 0) is 0 Å². The van der Waals surface area contributed by atoms with Crippen LogP contribution in [0.2, 0.25) is 0 Å². The summed E-state index contributed by atoms with van der Waals surface area (Å²) in [6.07, 6.45) is 0.775. The van der Waals surface area contributed by atoms with Crippen LogP contribution < -0.4 is 15.5 Å². The van der Waals surface area contributed by atoms with Crippen molar-refractivity contribution in [2.75, 3.05) is 54.8 Å². The van der Waals surface area contributed by atoms with E-state index in [1.807, 2.05) is 73.5 Å². The van der Waals surface area contributed by atoms with Crippen LogP contribution in [0.5, 0.6) is 0 Å². The molecule has 200 valence electrons. The summed E-state index contributed by atoms with van der Waals surface area (Å²) in [5.41, 5.74) is 3.82. The Kier molecular flexibility index (Phi) is 9.02. The smallest absolute Gasteiger partial charge is 0.321 e. The third kappa shape index (κ3) is 6.52. The van der Waals surface area contributed by atoms with Crippen LogP contribution in [0.3, 0.4) is 0 Å². The van der Waals surface area contributed by atoms with Crippen LogP contribution in [0.4, 0.5) is 21.9 Å². The molecule has 1 aliphatic heterocycles. The van der Waals surface area contributed by atoms with Gasteiger partial charge >= 0.3 is 6.03 Å². The summed E-state index contributed by atoms with van der Waals surface area (Å²) in [6.45, 7) is 9.57. The Morgan fingerprint density at radius 1 is 0.895 bits per heavy atom. The molecule has 0 unspecified atom stereocenters. The van der Waals surface area contributed by atoms with Crippen LogP contribution >= 0.6 is 11.3 Å². The van der Waals surface area contributed by atoms with E-state index < -0.39 is 0 Å². The third-order valence-corrected chi connectivity index (χ3v) is 7.54. The lowest BCUT2D eigenvalue weighted by atomic mass is 10.1. The molecule has 0 saturated carbocycles. The SMILES string of the molecule is CCN(CC)C(=O)c1cc(NC(=O)c2cccs2)ccc1N1CCCN(C(=O)Nc2cccc(C)c2)CC1. The topological polar surface area (TPSA) is 85.0 Å². The van der Waals surface area contributed by atoms with E-state index in [0.29, 0.717) is 55.4 Å². The Bertz CT molecular complexity index is 1270. The molecule has 4 rings (SSSR count). The van der Waals surface area contributed by atoms with Crippen molar-refractivity contribution in [1.29, 1.82) is 0 Å². The van der Waals surface area contributed by atoms with Crippen molar-refractivity contribution < 1.29 is 14.4 Å². The molecule has 2 heterocycles. The summed E-state index contributed by atoms with van der Waals surface area (Å²) < 4.78 is 0. The van der Waals surface area contributed by atoms with E-state index in [2.05, 4.69) is 15.5 Å². The number of anilines is 3. The number of hydrogen-bond acceptors (Lipinski definition) is 5. The second kappa shape index (κ2) is 12.6. The highest BCUT2D eigenvalue weighted by molar-refractivity contribution is 7.12. The van der Waals surface area contributed by atoms with Crippen LogP contribution in [0.15, 0.2) is 60.0 Å². The minimum atomic E-state index is -0.195. The molecule has 0 spiro atoms. The van der Waals surface area contributed by atoms with Crippen LogP contribution in [0.25, 0.3) is 0 Å². The molecule has 0 bridgehead atoms. The van der Waals surface area contributed by atoms with Gasteiger partial charge in [0.2, 0.25) is 0 Å². The zero-order valence-electron chi connectivity index (χ0n) is 22.2. The minimum Gasteiger partial charge on any atom is -0.369 e. The predicted octanol–water partition coefficient (Wildman–Crippen LogP) is 5.54. The maximum atomic E-state index is 13.5. The van der Waals surface area contributed by atoms with Gasteiger partial charge in [-0.15, -0.1) is 11.3 Å². The van der Waals surface area contributed by atoms with E-state index in [-0.39, 0.29) is 17.8 Å². The molecule has 0 radical (unpaired) electrons. The van der Waals surface area contributed by atoms with Gasteiger partial charge in [0.15, 0.2) is 0 Å². The Hall–Kier alpha value is -3.85. The van der Waals surface area contributed by atoms with E-state index in [4.69, 9.17) is 0 Å². The summed E-state index contributed by atoms with van der Waals surface area (Å²) in [5, 5.41) is 7.79. The molecule has 4 amide bonds. The lowest BCUT2D eigenvalue weighted by Crippen LogP contribution is -2.38. The van der Waals surface area contributed by atoms with Crippen molar-refractivity contribution in [3.8, 4) is 0 Å². The number of hydrogen-bond donors (Lipinski definition) is 2. The first-order chi connectivity index (χ1) is 18.4. The second-order valence-corrected chi connectivity index (χ2v) is 10.2. The Labute approximate surface area is 228 Å². The summed E-state index contributed by atoms with van der Waals surface area (Å²) >= 11 is 1.37. The van der Waals surface area contributed by atoms with Crippen LogP contribution in [0, 0.1) is 6.92 Å². The van der Waals surface area contributed by atoms with Gasteiger partial charge in [0.1, 0.15) is 0 Å². The molecule has 1 saturated heterocycles. The van der Waals surface area contributed by atoms with Crippen molar-refractivity contribution in [3.05, 3.63) is 76.0 Å². The molecule has 38 heavy (non-hydrogen) atoms. The van der Waals surface area contributed by atoms with E-state index >= 15 is 0 Å². The molecule has 9 heteroatoms. The average Bonchev–Trinajstić information content (AvgIpc) is 3.34. The van der Waals surface area contributed by atoms with Crippen molar-refractivity contribution in [3.63, 3.8) is 0 Å². The Morgan fingerprint density at radius 3 is 2.39 bits per heavy atom. The summed E-state index contributed by atoms with van der Waals surface area (Å²) in [7, 11) is 0. The van der Waals surface area contributed by atoms with Gasteiger partial charge in [0.25, 0.3) is 11.8 Å². The lowest BCUT2D eigenvalue weighted by molar-refractivity contribution is 0.0773. The van der Waals surface area contributed by atoms with E-state index in [1.165, 1.54) is 11.3 Å². The van der Waals surface area contributed by atoms with Crippen molar-refractivity contribution in [2.45, 2.75) is 27.2 Å². The van der Waals surface area contributed by atoms with Gasteiger partial charge in [-0.1, -0.05) is 18.2 Å². The Balaban J connectivity index is 1.53. The van der Waals surface area contributed by atoms with Gasteiger partial charge in [-0.25, -0.2) is 4.79 Å². The highest BCUT2D eigenvalue weighted by Gasteiger charge is 2.25. The summed E-state index contributed by atoms with van der Waals surface area (Å²) in [5.74, 6) is -0.269. The number of amides is 4. The first-order valence-corrected chi connectivity index (χ1v) is 13.9. The third-order valence-electron chi connectivity index (χ3n) is 6.67. The van der Waals surface area contributed by atoms with Crippen molar-refractivity contribution in [1.82, 2.24) is 9.80 Å². The number of carbonyl (C=O) groups is 3. The standard InChI is InChI=1S/C29H35N5O3S/c1-4-32(5-2)28(36)24-20-23(30-27(35)26-11-7-18-38-26)12-13-25(24)33-14-8-15-34(17-16-33)29(37)31-22-10-6-9-21(3)19-22/h6-7,9-13,18-20H,4-5,8,14-17H2,1-3H3,(H,30,35)(H,31,37).